The Labute approximate surface area is 120 Å². The van der Waals surface area contributed by atoms with Gasteiger partial charge in [-0.1, -0.05) is 0 Å². The smallest absolute Gasteiger partial charge is 0.148 e. The summed E-state index contributed by atoms with van der Waals surface area (Å²) in [6.07, 6.45) is 5.73. The molecule has 1 heterocycles. The summed E-state index contributed by atoms with van der Waals surface area (Å²) in [6, 6.07) is 0. The molecule has 1 aliphatic carbocycles. The molecule has 6 nitrogen and oxygen atoms in total. The molecule has 20 heavy (non-hydrogen) atoms. The second-order valence-electron chi connectivity index (χ2n) is 5.30. The van der Waals surface area contributed by atoms with Gasteiger partial charge >= 0.3 is 0 Å². The Morgan fingerprint density at radius 3 is 2.60 bits per heavy atom. The lowest BCUT2D eigenvalue weighted by molar-refractivity contribution is 0.192. The van der Waals surface area contributed by atoms with Crippen molar-refractivity contribution in [3.63, 3.8) is 0 Å². The van der Waals surface area contributed by atoms with E-state index < -0.39 is 0 Å². The number of ether oxygens (including phenoxy) is 1. The Morgan fingerprint density at radius 1 is 1.20 bits per heavy atom. The molecule has 1 aromatic heterocycles. The summed E-state index contributed by atoms with van der Waals surface area (Å²) in [7, 11) is 1.74. The van der Waals surface area contributed by atoms with Crippen LogP contribution in [0.4, 0.5) is 11.6 Å². The van der Waals surface area contributed by atoms with Crippen LogP contribution in [0.3, 0.4) is 0 Å². The number of nitrogens with zero attached hydrogens (tertiary/aromatic N) is 2. The molecular formula is C14H25N5O. The Morgan fingerprint density at radius 2 is 1.95 bits per heavy atom. The number of nitrogen functional groups attached to an aromatic ring is 1. The lowest BCUT2D eigenvalue weighted by Crippen LogP contribution is -2.15. The molecular weight excluding hydrogens is 254 g/mol. The summed E-state index contributed by atoms with van der Waals surface area (Å²) < 4.78 is 5.04. The third-order valence-electron chi connectivity index (χ3n) is 3.56. The fourth-order valence-electron chi connectivity index (χ4n) is 2.13. The van der Waals surface area contributed by atoms with E-state index in [1.165, 1.54) is 12.8 Å². The van der Waals surface area contributed by atoms with Crippen LogP contribution in [0.1, 0.15) is 49.4 Å². The molecule has 4 N–H and O–H groups in total. The van der Waals surface area contributed by atoms with Crippen LogP contribution < -0.4 is 16.6 Å². The number of unbranched alkanes of at least 4 members (excludes halogenated alkanes) is 2. The second-order valence-corrected chi connectivity index (χ2v) is 5.30. The number of anilines is 2. The van der Waals surface area contributed by atoms with E-state index in [-0.39, 0.29) is 0 Å². The van der Waals surface area contributed by atoms with Crippen molar-refractivity contribution in [2.45, 2.75) is 44.9 Å². The molecule has 1 aromatic rings. The van der Waals surface area contributed by atoms with Gasteiger partial charge in [-0.3, -0.25) is 0 Å². The number of hydrazine groups is 1. The van der Waals surface area contributed by atoms with E-state index in [0.717, 1.165) is 55.4 Å². The minimum atomic E-state index is 0.518. The molecule has 0 saturated heterocycles. The first-order chi connectivity index (χ1) is 9.76. The Bertz CT molecular complexity index is 434. The largest absolute Gasteiger partial charge is 0.385 e. The van der Waals surface area contributed by atoms with Gasteiger partial charge in [0.2, 0.25) is 0 Å². The number of hydrogen-bond donors (Lipinski definition) is 3. The zero-order valence-electron chi connectivity index (χ0n) is 12.4. The monoisotopic (exact) mass is 279 g/mol. The summed E-state index contributed by atoms with van der Waals surface area (Å²) >= 11 is 0. The summed E-state index contributed by atoms with van der Waals surface area (Å²) in [6.45, 7) is 3.73. The SMILES string of the molecule is COCCCCCNc1nc(C2CC2)nc(NN)c1C. The summed E-state index contributed by atoms with van der Waals surface area (Å²) in [5.74, 6) is 8.59. The number of methoxy groups -OCH3 is 1. The molecule has 0 atom stereocenters. The van der Waals surface area contributed by atoms with Crippen molar-refractivity contribution >= 4 is 11.6 Å². The average molecular weight is 279 g/mol. The molecule has 0 spiro atoms. The Balaban J connectivity index is 1.90. The normalized spacial score (nSPS) is 14.3. The van der Waals surface area contributed by atoms with Gasteiger partial charge < -0.3 is 15.5 Å². The van der Waals surface area contributed by atoms with Crippen molar-refractivity contribution in [1.82, 2.24) is 9.97 Å². The van der Waals surface area contributed by atoms with E-state index in [9.17, 15) is 0 Å². The first-order valence-electron chi connectivity index (χ1n) is 7.34. The maximum atomic E-state index is 5.54. The Kier molecular flexibility index (Phi) is 5.55. The first-order valence-corrected chi connectivity index (χ1v) is 7.34. The van der Waals surface area contributed by atoms with E-state index in [2.05, 4.69) is 20.7 Å². The molecule has 0 amide bonds. The zero-order chi connectivity index (χ0) is 14.4. The third kappa shape index (κ3) is 4.05. The van der Waals surface area contributed by atoms with Gasteiger partial charge in [0.15, 0.2) is 0 Å². The van der Waals surface area contributed by atoms with Gasteiger partial charge in [0.25, 0.3) is 0 Å². The van der Waals surface area contributed by atoms with Gasteiger partial charge in [-0.05, 0) is 39.0 Å². The van der Waals surface area contributed by atoms with Crippen molar-refractivity contribution in [2.24, 2.45) is 5.84 Å². The lowest BCUT2D eigenvalue weighted by Gasteiger charge is -2.13. The number of nitrogens with two attached hydrogens (primary N) is 1. The molecule has 2 rings (SSSR count). The van der Waals surface area contributed by atoms with E-state index in [1.807, 2.05) is 6.92 Å². The molecule has 0 radical (unpaired) electrons. The highest BCUT2D eigenvalue weighted by Gasteiger charge is 2.28. The third-order valence-corrected chi connectivity index (χ3v) is 3.56. The fraction of sp³-hybridized carbons (Fsp3) is 0.714. The molecule has 112 valence electrons. The van der Waals surface area contributed by atoms with Crippen molar-refractivity contribution in [3.05, 3.63) is 11.4 Å². The quantitative estimate of drug-likeness (QED) is 0.365. The number of rotatable bonds is 9. The van der Waals surface area contributed by atoms with Gasteiger partial charge in [0, 0.05) is 31.7 Å². The van der Waals surface area contributed by atoms with Crippen molar-refractivity contribution < 1.29 is 4.74 Å². The molecule has 1 fully saturated rings. The van der Waals surface area contributed by atoms with Gasteiger partial charge in [-0.2, -0.15) is 0 Å². The van der Waals surface area contributed by atoms with Crippen molar-refractivity contribution in [1.29, 1.82) is 0 Å². The van der Waals surface area contributed by atoms with Crippen LogP contribution in [0.2, 0.25) is 0 Å². The maximum absolute atomic E-state index is 5.54. The minimum Gasteiger partial charge on any atom is -0.385 e. The van der Waals surface area contributed by atoms with E-state index in [4.69, 9.17) is 10.6 Å². The lowest BCUT2D eigenvalue weighted by atomic mass is 10.2. The molecule has 6 heteroatoms. The van der Waals surface area contributed by atoms with E-state index in [0.29, 0.717) is 5.92 Å². The highest BCUT2D eigenvalue weighted by Crippen LogP contribution is 2.39. The highest BCUT2D eigenvalue weighted by molar-refractivity contribution is 5.57. The van der Waals surface area contributed by atoms with Gasteiger partial charge in [0.1, 0.15) is 17.5 Å². The minimum absolute atomic E-state index is 0.518. The predicted molar refractivity (Wildman–Crippen MR) is 80.8 cm³/mol. The van der Waals surface area contributed by atoms with Crippen LogP contribution in [0, 0.1) is 6.92 Å². The fourth-order valence-corrected chi connectivity index (χ4v) is 2.13. The van der Waals surface area contributed by atoms with Crippen LogP contribution in [0.15, 0.2) is 0 Å². The van der Waals surface area contributed by atoms with Gasteiger partial charge in [0.05, 0.1) is 0 Å². The molecule has 1 saturated carbocycles. The van der Waals surface area contributed by atoms with Crippen LogP contribution in [-0.4, -0.2) is 30.2 Å². The predicted octanol–water partition coefficient (Wildman–Crippen LogP) is 2.18. The van der Waals surface area contributed by atoms with Crippen LogP contribution in [-0.2, 0) is 4.74 Å². The topological polar surface area (TPSA) is 85.1 Å². The van der Waals surface area contributed by atoms with Gasteiger partial charge in [-0.25, -0.2) is 15.8 Å². The first kappa shape index (κ1) is 15.0. The summed E-state index contributed by atoms with van der Waals surface area (Å²) in [5, 5.41) is 3.40. The summed E-state index contributed by atoms with van der Waals surface area (Å²) in [5.41, 5.74) is 3.65. The van der Waals surface area contributed by atoms with Gasteiger partial charge in [-0.15, -0.1) is 0 Å². The molecule has 0 unspecified atom stereocenters. The van der Waals surface area contributed by atoms with E-state index >= 15 is 0 Å². The Hall–Kier alpha value is -1.40. The van der Waals surface area contributed by atoms with E-state index in [1.54, 1.807) is 7.11 Å². The molecule has 1 aliphatic rings. The summed E-state index contributed by atoms with van der Waals surface area (Å²) in [4.78, 5) is 9.11. The van der Waals surface area contributed by atoms with Crippen LogP contribution in [0.25, 0.3) is 0 Å². The van der Waals surface area contributed by atoms with Crippen molar-refractivity contribution in [3.8, 4) is 0 Å². The number of nitrogens with one attached hydrogen (secondary N) is 2. The maximum Gasteiger partial charge on any atom is 0.148 e. The number of hydrogen-bond acceptors (Lipinski definition) is 6. The van der Waals surface area contributed by atoms with Crippen LogP contribution in [0.5, 0.6) is 0 Å². The molecule has 0 bridgehead atoms. The van der Waals surface area contributed by atoms with Crippen LogP contribution >= 0.6 is 0 Å². The average Bonchev–Trinajstić information content (AvgIpc) is 3.29. The molecule has 0 aliphatic heterocycles. The number of aromatic nitrogens is 2. The second kappa shape index (κ2) is 7.40. The molecule has 0 aromatic carbocycles. The van der Waals surface area contributed by atoms with Crippen molar-refractivity contribution in [2.75, 3.05) is 31.0 Å². The highest BCUT2D eigenvalue weighted by atomic mass is 16.5. The zero-order valence-corrected chi connectivity index (χ0v) is 12.4. The standard InChI is InChI=1S/C14H25N5O/c1-10-12(16-8-4-3-5-9-20-2)17-14(11-6-7-11)18-13(10)19-15/h11H,3-9,15H2,1-2H3,(H2,16,17,18,19).